The number of aromatic nitrogens is 4. The summed E-state index contributed by atoms with van der Waals surface area (Å²) >= 11 is 0. The number of aliphatic hydroxyl groups excluding tert-OH is 1. The summed E-state index contributed by atoms with van der Waals surface area (Å²) in [5, 5.41) is 10.9. The van der Waals surface area contributed by atoms with E-state index in [1.54, 1.807) is 18.2 Å². The van der Waals surface area contributed by atoms with Gasteiger partial charge in [-0.25, -0.2) is 19.7 Å². The van der Waals surface area contributed by atoms with Gasteiger partial charge >= 0.3 is 21.2 Å². The highest BCUT2D eigenvalue weighted by molar-refractivity contribution is 7.70. The van der Waals surface area contributed by atoms with Crippen molar-refractivity contribution in [2.75, 3.05) is 18.2 Å². The summed E-state index contributed by atoms with van der Waals surface area (Å²) in [4.78, 5) is 52.4. The Labute approximate surface area is 197 Å². The number of anilines is 1. The molecule has 188 valence electrons. The number of esters is 1. The SMILES string of the molecule is Nc1ncnc2c1ncn2[C@@H]1O[C@H](COP(=O)(O)CP(=O)(O)O)[C@@H](O)[C@H]1OC(=O)c1ccccc1. The van der Waals surface area contributed by atoms with Crippen LogP contribution in [-0.4, -0.2) is 76.1 Å². The molecule has 4 rings (SSSR count). The molecule has 0 aliphatic carbocycles. The van der Waals surface area contributed by atoms with Gasteiger partial charge in [0.15, 0.2) is 29.7 Å². The Morgan fingerprint density at radius 2 is 1.86 bits per heavy atom. The largest absolute Gasteiger partial charge is 0.451 e. The van der Waals surface area contributed by atoms with Gasteiger partial charge in [0.05, 0.1) is 18.5 Å². The van der Waals surface area contributed by atoms with Crippen LogP contribution in [0.1, 0.15) is 16.6 Å². The Morgan fingerprint density at radius 1 is 1.14 bits per heavy atom. The minimum atomic E-state index is -4.86. The lowest BCUT2D eigenvalue weighted by Gasteiger charge is -2.22. The predicted octanol–water partition coefficient (Wildman–Crippen LogP) is 0.230. The van der Waals surface area contributed by atoms with Crippen molar-refractivity contribution < 1.29 is 47.7 Å². The van der Waals surface area contributed by atoms with Crippen molar-refractivity contribution in [2.45, 2.75) is 24.5 Å². The molecule has 0 saturated carbocycles. The van der Waals surface area contributed by atoms with E-state index in [1.807, 2.05) is 0 Å². The number of hydrogen-bond acceptors (Lipinski definition) is 11. The lowest BCUT2D eigenvalue weighted by Crippen LogP contribution is -2.37. The summed E-state index contributed by atoms with van der Waals surface area (Å²) in [5.74, 6) is -2.12. The molecule has 1 aliphatic heterocycles. The first-order chi connectivity index (χ1) is 16.5. The van der Waals surface area contributed by atoms with Crippen LogP contribution in [0.5, 0.6) is 0 Å². The van der Waals surface area contributed by atoms with E-state index in [9.17, 15) is 23.9 Å². The average molecular weight is 529 g/mol. The fraction of sp³-hybridized carbons (Fsp3) is 0.333. The van der Waals surface area contributed by atoms with Gasteiger partial charge in [-0.3, -0.25) is 13.7 Å². The van der Waals surface area contributed by atoms with Crippen molar-refractivity contribution in [1.82, 2.24) is 19.5 Å². The van der Waals surface area contributed by atoms with E-state index < -0.39 is 58.2 Å². The molecule has 2 aromatic heterocycles. The molecule has 0 radical (unpaired) electrons. The highest BCUT2D eigenvalue weighted by Gasteiger charge is 2.49. The average Bonchev–Trinajstić information content (AvgIpc) is 3.34. The zero-order chi connectivity index (χ0) is 25.4. The maximum atomic E-state index is 12.7. The zero-order valence-corrected chi connectivity index (χ0v) is 19.6. The third-order valence-electron chi connectivity index (χ3n) is 5.03. The molecular formula is C18H21N5O10P2. The normalized spacial score (nSPS) is 24.3. The van der Waals surface area contributed by atoms with Gasteiger partial charge in [-0.15, -0.1) is 0 Å². The monoisotopic (exact) mass is 529 g/mol. The number of fused-ring (bicyclic) bond motifs is 1. The second-order valence-electron chi connectivity index (χ2n) is 7.61. The lowest BCUT2D eigenvalue weighted by molar-refractivity contribution is -0.0546. The van der Waals surface area contributed by atoms with Crippen LogP contribution >= 0.6 is 15.2 Å². The van der Waals surface area contributed by atoms with Gasteiger partial charge in [0.2, 0.25) is 0 Å². The molecule has 3 aromatic rings. The van der Waals surface area contributed by atoms with Crippen LogP contribution < -0.4 is 5.73 Å². The molecule has 1 unspecified atom stereocenters. The van der Waals surface area contributed by atoms with Crippen LogP contribution in [0.3, 0.4) is 0 Å². The molecule has 1 aliphatic rings. The summed E-state index contributed by atoms with van der Waals surface area (Å²) in [6.07, 6.45) is -3.02. The fourth-order valence-electron chi connectivity index (χ4n) is 3.49. The topological polar surface area (TPSA) is 229 Å². The predicted molar refractivity (Wildman–Crippen MR) is 118 cm³/mol. The first-order valence-corrected chi connectivity index (χ1v) is 13.5. The van der Waals surface area contributed by atoms with Crippen molar-refractivity contribution >= 4 is 38.1 Å². The second-order valence-corrected chi connectivity index (χ2v) is 11.6. The Kier molecular flexibility index (Phi) is 7.04. The third-order valence-corrected chi connectivity index (χ3v) is 8.49. The van der Waals surface area contributed by atoms with Crippen molar-refractivity contribution in [3.8, 4) is 0 Å². The Bertz CT molecular complexity index is 1320. The highest BCUT2D eigenvalue weighted by atomic mass is 31.2. The van der Waals surface area contributed by atoms with E-state index >= 15 is 0 Å². The van der Waals surface area contributed by atoms with Gasteiger partial charge in [0, 0.05) is 0 Å². The van der Waals surface area contributed by atoms with Crippen LogP contribution in [0.2, 0.25) is 0 Å². The number of hydrogen-bond donors (Lipinski definition) is 5. The van der Waals surface area contributed by atoms with Crippen molar-refractivity contribution in [3.63, 3.8) is 0 Å². The first kappa shape index (κ1) is 25.4. The standard InChI is InChI=1S/C18H21N5O10P2/c19-15-12-16(21-7-20-15)23(8-22-12)17-14(33-18(25)10-4-2-1-3-5-10)13(24)11(32-17)6-31-35(29,30)9-34(26,27)28/h1-5,7-8,11,13-14,17,24H,6,9H2,(H,29,30)(H2,19,20,21)(H2,26,27,28)/t11-,13-,14-,17-/m1/s1. The first-order valence-electron chi connectivity index (χ1n) is 9.99. The number of rotatable bonds is 8. The van der Waals surface area contributed by atoms with E-state index in [4.69, 9.17) is 29.5 Å². The van der Waals surface area contributed by atoms with Gasteiger partial charge in [-0.2, -0.15) is 0 Å². The van der Waals surface area contributed by atoms with Crippen LogP contribution in [0.25, 0.3) is 11.2 Å². The minimum Gasteiger partial charge on any atom is -0.451 e. The molecule has 1 aromatic carbocycles. The van der Waals surface area contributed by atoms with Crippen LogP contribution in [0, 0.1) is 0 Å². The maximum absolute atomic E-state index is 12.7. The number of nitrogens with zero attached hydrogens (tertiary/aromatic N) is 4. The molecule has 0 amide bonds. The van der Waals surface area contributed by atoms with E-state index in [1.165, 1.54) is 29.4 Å². The number of nitrogens with two attached hydrogens (primary N) is 1. The van der Waals surface area contributed by atoms with Crippen LogP contribution in [0.15, 0.2) is 43.0 Å². The number of benzene rings is 1. The number of aliphatic hydroxyl groups is 1. The molecule has 1 saturated heterocycles. The molecule has 0 spiro atoms. The lowest BCUT2D eigenvalue weighted by atomic mass is 10.1. The summed E-state index contributed by atoms with van der Waals surface area (Å²) in [7, 11) is -9.59. The smallest absolute Gasteiger partial charge is 0.340 e. The number of nitrogen functional groups attached to an aromatic ring is 1. The van der Waals surface area contributed by atoms with Gasteiger partial charge in [0.1, 0.15) is 24.1 Å². The van der Waals surface area contributed by atoms with Crippen LogP contribution in [-0.2, 0) is 23.1 Å². The molecule has 35 heavy (non-hydrogen) atoms. The zero-order valence-electron chi connectivity index (χ0n) is 17.8. The molecule has 0 bridgehead atoms. The minimum absolute atomic E-state index is 0.0728. The van der Waals surface area contributed by atoms with E-state index in [0.717, 1.165) is 0 Å². The van der Waals surface area contributed by atoms with Gasteiger partial charge < -0.3 is 39.5 Å². The number of imidazole rings is 1. The molecule has 15 nitrogen and oxygen atoms in total. The van der Waals surface area contributed by atoms with Gasteiger partial charge in [-0.1, -0.05) is 18.2 Å². The second kappa shape index (κ2) is 9.72. The van der Waals surface area contributed by atoms with E-state index in [2.05, 4.69) is 15.0 Å². The van der Waals surface area contributed by atoms with Crippen molar-refractivity contribution in [1.29, 1.82) is 0 Å². The fourth-order valence-corrected chi connectivity index (χ4v) is 6.06. The van der Waals surface area contributed by atoms with Crippen molar-refractivity contribution in [3.05, 3.63) is 48.5 Å². The summed E-state index contributed by atoms with van der Waals surface area (Å²) in [5.41, 5.74) is 6.43. The Morgan fingerprint density at radius 3 is 2.54 bits per heavy atom. The van der Waals surface area contributed by atoms with Gasteiger partial charge in [-0.05, 0) is 12.1 Å². The number of ether oxygens (including phenoxy) is 2. The summed E-state index contributed by atoms with van der Waals surface area (Å²) < 4.78 is 40.6. The van der Waals surface area contributed by atoms with Gasteiger partial charge in [0.25, 0.3) is 0 Å². The van der Waals surface area contributed by atoms with E-state index in [-0.39, 0.29) is 22.5 Å². The molecule has 5 atom stereocenters. The molecular weight excluding hydrogens is 508 g/mol. The molecule has 17 heteroatoms. The Balaban J connectivity index is 1.61. The number of carbonyl (C=O) groups excluding carboxylic acids is 1. The van der Waals surface area contributed by atoms with Crippen molar-refractivity contribution in [2.24, 2.45) is 0 Å². The summed E-state index contributed by atoms with van der Waals surface area (Å²) in [6.45, 7) is -0.741. The summed E-state index contributed by atoms with van der Waals surface area (Å²) in [6, 6.07) is 7.95. The van der Waals surface area contributed by atoms with E-state index in [0.29, 0.717) is 0 Å². The third kappa shape index (κ3) is 5.74. The molecule has 3 heterocycles. The number of carbonyl (C=O) groups is 1. The maximum Gasteiger partial charge on any atom is 0.340 e. The molecule has 6 N–H and O–H groups in total. The molecule has 1 fully saturated rings. The van der Waals surface area contributed by atoms with Crippen LogP contribution in [0.4, 0.5) is 5.82 Å². The Hall–Kier alpha value is -2.74. The quantitative estimate of drug-likeness (QED) is 0.194. The highest BCUT2D eigenvalue weighted by Crippen LogP contribution is 2.55.